The van der Waals surface area contributed by atoms with Gasteiger partial charge in [0.15, 0.2) is 0 Å². The summed E-state index contributed by atoms with van der Waals surface area (Å²) in [5.41, 5.74) is 9.93. The molecule has 0 saturated carbocycles. The van der Waals surface area contributed by atoms with Crippen LogP contribution in [-0.4, -0.2) is 37.2 Å². The third-order valence-electron chi connectivity index (χ3n) is 4.07. The van der Waals surface area contributed by atoms with Gasteiger partial charge in [0.25, 0.3) is 0 Å². The average molecular weight is 262 g/mol. The minimum Gasteiger partial charge on any atom is -0.374 e. The highest BCUT2D eigenvalue weighted by Crippen LogP contribution is 2.30. The largest absolute Gasteiger partial charge is 0.374 e. The second-order valence-electron chi connectivity index (χ2n) is 5.47. The molecule has 1 aliphatic heterocycles. The zero-order valence-electron chi connectivity index (χ0n) is 12.4. The summed E-state index contributed by atoms with van der Waals surface area (Å²) in [4.78, 5) is 2.52. The van der Waals surface area contributed by atoms with E-state index < -0.39 is 0 Å². The molecule has 0 radical (unpaired) electrons. The Morgan fingerprint density at radius 1 is 1.32 bits per heavy atom. The number of nitrogens with zero attached hydrogens (tertiary/aromatic N) is 1. The highest BCUT2D eigenvalue weighted by molar-refractivity contribution is 5.32. The van der Waals surface area contributed by atoms with Gasteiger partial charge in [-0.25, -0.2) is 0 Å². The van der Waals surface area contributed by atoms with E-state index in [1.807, 2.05) is 0 Å². The van der Waals surface area contributed by atoms with Crippen molar-refractivity contribution in [2.45, 2.75) is 39.3 Å². The number of nitrogens with two attached hydrogens (primary N) is 1. The standard InChI is InChI=1S/C16H26N2O/c1-4-7-18-8-9-19-15(11-17)16(18)14-6-5-12(2)13(3)10-14/h5-6,10,15-16H,4,7-9,11,17H2,1-3H3. The van der Waals surface area contributed by atoms with Crippen molar-refractivity contribution in [3.63, 3.8) is 0 Å². The fourth-order valence-corrected chi connectivity index (χ4v) is 2.90. The van der Waals surface area contributed by atoms with Crippen LogP contribution in [0.15, 0.2) is 18.2 Å². The van der Waals surface area contributed by atoms with Crippen molar-refractivity contribution in [3.05, 3.63) is 34.9 Å². The minimum absolute atomic E-state index is 0.113. The van der Waals surface area contributed by atoms with E-state index in [9.17, 15) is 0 Å². The van der Waals surface area contributed by atoms with E-state index in [1.165, 1.54) is 23.1 Å². The Morgan fingerprint density at radius 2 is 2.11 bits per heavy atom. The number of morpholine rings is 1. The van der Waals surface area contributed by atoms with Crippen molar-refractivity contribution < 1.29 is 4.74 Å². The lowest BCUT2D eigenvalue weighted by atomic mass is 9.94. The van der Waals surface area contributed by atoms with Crippen LogP contribution < -0.4 is 5.73 Å². The Balaban J connectivity index is 2.30. The lowest BCUT2D eigenvalue weighted by molar-refractivity contribution is -0.0676. The molecule has 1 heterocycles. The molecular weight excluding hydrogens is 236 g/mol. The molecular formula is C16H26N2O. The van der Waals surface area contributed by atoms with Crippen LogP contribution >= 0.6 is 0 Å². The quantitative estimate of drug-likeness (QED) is 0.905. The minimum atomic E-state index is 0.113. The summed E-state index contributed by atoms with van der Waals surface area (Å²) >= 11 is 0. The van der Waals surface area contributed by atoms with Crippen LogP contribution in [0.2, 0.25) is 0 Å². The zero-order valence-corrected chi connectivity index (χ0v) is 12.4. The van der Waals surface area contributed by atoms with Gasteiger partial charge in [0.1, 0.15) is 0 Å². The molecule has 3 heteroatoms. The summed E-state index contributed by atoms with van der Waals surface area (Å²) in [6.45, 7) is 10.0. The maximum Gasteiger partial charge on any atom is 0.0894 e. The third kappa shape index (κ3) is 3.16. The van der Waals surface area contributed by atoms with E-state index in [1.54, 1.807) is 0 Å². The summed E-state index contributed by atoms with van der Waals surface area (Å²) in [7, 11) is 0. The van der Waals surface area contributed by atoms with Crippen LogP contribution in [0.1, 0.15) is 36.1 Å². The molecule has 19 heavy (non-hydrogen) atoms. The summed E-state index contributed by atoms with van der Waals surface area (Å²) in [5, 5.41) is 0. The van der Waals surface area contributed by atoms with E-state index in [-0.39, 0.29) is 6.10 Å². The molecule has 2 unspecified atom stereocenters. The predicted octanol–water partition coefficient (Wildman–Crippen LogP) is 2.41. The molecule has 3 nitrogen and oxygen atoms in total. The van der Waals surface area contributed by atoms with Crippen LogP contribution in [-0.2, 0) is 4.74 Å². The smallest absolute Gasteiger partial charge is 0.0894 e. The van der Waals surface area contributed by atoms with Crippen molar-refractivity contribution in [1.29, 1.82) is 0 Å². The van der Waals surface area contributed by atoms with Crippen LogP contribution in [0.4, 0.5) is 0 Å². The number of aryl methyl sites for hydroxylation is 2. The summed E-state index contributed by atoms with van der Waals surface area (Å²) in [5.74, 6) is 0. The van der Waals surface area contributed by atoms with E-state index in [2.05, 4.69) is 43.9 Å². The van der Waals surface area contributed by atoms with Gasteiger partial charge < -0.3 is 10.5 Å². The van der Waals surface area contributed by atoms with Crippen LogP contribution in [0.25, 0.3) is 0 Å². The Hall–Kier alpha value is -0.900. The average Bonchev–Trinajstić information content (AvgIpc) is 2.42. The molecule has 1 fully saturated rings. The van der Waals surface area contributed by atoms with Gasteiger partial charge in [-0.05, 0) is 43.5 Å². The lowest BCUT2D eigenvalue weighted by Crippen LogP contribution is -2.48. The predicted molar refractivity (Wildman–Crippen MR) is 79.3 cm³/mol. The van der Waals surface area contributed by atoms with Crippen LogP contribution in [0.5, 0.6) is 0 Å². The molecule has 1 aliphatic rings. The van der Waals surface area contributed by atoms with Gasteiger partial charge in [0.05, 0.1) is 18.8 Å². The fourth-order valence-electron chi connectivity index (χ4n) is 2.90. The Labute approximate surface area is 116 Å². The molecule has 1 aromatic carbocycles. The molecule has 106 valence electrons. The zero-order chi connectivity index (χ0) is 13.8. The second-order valence-corrected chi connectivity index (χ2v) is 5.47. The van der Waals surface area contributed by atoms with E-state index in [0.29, 0.717) is 12.6 Å². The molecule has 0 spiro atoms. The van der Waals surface area contributed by atoms with Crippen molar-refractivity contribution in [1.82, 2.24) is 4.90 Å². The summed E-state index contributed by atoms with van der Waals surface area (Å²) in [6, 6.07) is 7.03. The van der Waals surface area contributed by atoms with Crippen LogP contribution in [0, 0.1) is 13.8 Å². The summed E-state index contributed by atoms with van der Waals surface area (Å²) in [6.07, 6.45) is 1.28. The number of hydrogen-bond acceptors (Lipinski definition) is 3. The molecule has 0 amide bonds. The molecule has 0 bridgehead atoms. The normalized spacial score (nSPS) is 24.6. The van der Waals surface area contributed by atoms with Gasteiger partial charge in [-0.1, -0.05) is 25.1 Å². The van der Waals surface area contributed by atoms with Crippen molar-refractivity contribution in [2.24, 2.45) is 5.73 Å². The maximum absolute atomic E-state index is 5.91. The van der Waals surface area contributed by atoms with Crippen molar-refractivity contribution >= 4 is 0 Å². The van der Waals surface area contributed by atoms with Gasteiger partial charge in [-0.15, -0.1) is 0 Å². The van der Waals surface area contributed by atoms with Crippen molar-refractivity contribution in [3.8, 4) is 0 Å². The highest BCUT2D eigenvalue weighted by atomic mass is 16.5. The number of hydrogen-bond donors (Lipinski definition) is 1. The molecule has 2 N–H and O–H groups in total. The number of rotatable bonds is 4. The second kappa shape index (κ2) is 6.51. The lowest BCUT2D eigenvalue weighted by Gasteiger charge is -2.41. The van der Waals surface area contributed by atoms with Gasteiger partial charge >= 0.3 is 0 Å². The Morgan fingerprint density at radius 3 is 2.74 bits per heavy atom. The maximum atomic E-state index is 5.91. The Kier molecular flexibility index (Phi) is 4.97. The molecule has 1 aromatic rings. The van der Waals surface area contributed by atoms with E-state index in [4.69, 9.17) is 10.5 Å². The Bertz CT molecular complexity index is 417. The van der Waals surface area contributed by atoms with Gasteiger partial charge in [0.2, 0.25) is 0 Å². The van der Waals surface area contributed by atoms with Gasteiger partial charge in [-0.2, -0.15) is 0 Å². The number of ether oxygens (including phenoxy) is 1. The molecule has 2 atom stereocenters. The topological polar surface area (TPSA) is 38.5 Å². The van der Waals surface area contributed by atoms with Crippen molar-refractivity contribution in [2.75, 3.05) is 26.2 Å². The molecule has 1 saturated heterocycles. The van der Waals surface area contributed by atoms with E-state index in [0.717, 1.165) is 19.7 Å². The molecule has 2 rings (SSSR count). The first kappa shape index (κ1) is 14.5. The highest BCUT2D eigenvalue weighted by Gasteiger charge is 2.32. The first-order valence-corrected chi connectivity index (χ1v) is 7.30. The molecule has 0 aromatic heterocycles. The first-order valence-electron chi connectivity index (χ1n) is 7.30. The van der Waals surface area contributed by atoms with Crippen LogP contribution in [0.3, 0.4) is 0 Å². The van der Waals surface area contributed by atoms with Gasteiger partial charge in [-0.3, -0.25) is 4.90 Å². The SMILES string of the molecule is CCCN1CCOC(CN)C1c1ccc(C)c(C)c1. The summed E-state index contributed by atoms with van der Waals surface area (Å²) < 4.78 is 5.87. The monoisotopic (exact) mass is 262 g/mol. The first-order chi connectivity index (χ1) is 9.17. The fraction of sp³-hybridized carbons (Fsp3) is 0.625. The molecule has 0 aliphatic carbocycles. The van der Waals surface area contributed by atoms with E-state index >= 15 is 0 Å². The number of benzene rings is 1. The third-order valence-corrected chi connectivity index (χ3v) is 4.07. The van der Waals surface area contributed by atoms with Gasteiger partial charge in [0, 0.05) is 13.1 Å².